The van der Waals surface area contributed by atoms with Gasteiger partial charge in [0.1, 0.15) is 0 Å². The molecule has 1 rings (SSSR count). The molecule has 0 N–H and O–H groups in total. The van der Waals surface area contributed by atoms with Gasteiger partial charge in [-0.2, -0.15) is 0 Å². The average molecular weight is 215 g/mol. The minimum atomic E-state index is 0.403. The molecular weight excluding hydrogens is 194 g/mol. The molecular formula is C15H21N. The maximum atomic E-state index is 3.88. The fraction of sp³-hybridized carbons (Fsp3) is 0.333. The topological polar surface area (TPSA) is 3.24 Å². The van der Waals surface area contributed by atoms with Crippen molar-refractivity contribution in [2.45, 2.75) is 32.7 Å². The van der Waals surface area contributed by atoms with Gasteiger partial charge in [0.05, 0.1) is 6.04 Å². The van der Waals surface area contributed by atoms with Crippen molar-refractivity contribution in [2.75, 3.05) is 0 Å². The SMILES string of the molecule is C=CN(/C=C\C)C(CCC)c1ccccc1. The van der Waals surface area contributed by atoms with E-state index in [1.54, 1.807) is 0 Å². The van der Waals surface area contributed by atoms with Gasteiger partial charge in [-0.1, -0.05) is 56.3 Å². The van der Waals surface area contributed by atoms with E-state index in [1.165, 1.54) is 12.0 Å². The van der Waals surface area contributed by atoms with Crippen molar-refractivity contribution < 1.29 is 0 Å². The smallest absolute Gasteiger partial charge is 0.0579 e. The first-order valence-corrected chi connectivity index (χ1v) is 5.91. The molecule has 0 aromatic heterocycles. The predicted molar refractivity (Wildman–Crippen MR) is 70.9 cm³/mol. The van der Waals surface area contributed by atoms with Gasteiger partial charge < -0.3 is 4.90 Å². The highest BCUT2D eigenvalue weighted by atomic mass is 15.1. The Labute approximate surface area is 99.1 Å². The number of benzene rings is 1. The predicted octanol–water partition coefficient (Wildman–Crippen LogP) is 4.51. The number of rotatable bonds is 6. The molecule has 0 fully saturated rings. The lowest BCUT2D eigenvalue weighted by atomic mass is 10.0. The largest absolute Gasteiger partial charge is 0.348 e. The summed E-state index contributed by atoms with van der Waals surface area (Å²) in [7, 11) is 0. The van der Waals surface area contributed by atoms with Crippen molar-refractivity contribution in [1.82, 2.24) is 4.90 Å². The molecule has 86 valence electrons. The molecule has 1 nitrogen and oxygen atoms in total. The summed E-state index contributed by atoms with van der Waals surface area (Å²) in [6.45, 7) is 8.13. The molecule has 16 heavy (non-hydrogen) atoms. The summed E-state index contributed by atoms with van der Waals surface area (Å²) in [5, 5.41) is 0. The molecule has 0 aliphatic heterocycles. The van der Waals surface area contributed by atoms with Gasteiger partial charge in [-0.3, -0.25) is 0 Å². The van der Waals surface area contributed by atoms with Crippen LogP contribution in [0.5, 0.6) is 0 Å². The zero-order chi connectivity index (χ0) is 11.8. The molecule has 0 radical (unpaired) electrons. The van der Waals surface area contributed by atoms with Crippen LogP contribution in [-0.4, -0.2) is 4.90 Å². The lowest BCUT2D eigenvalue weighted by molar-refractivity contribution is 0.351. The van der Waals surface area contributed by atoms with E-state index < -0.39 is 0 Å². The Morgan fingerprint density at radius 2 is 2.00 bits per heavy atom. The second-order valence-electron chi connectivity index (χ2n) is 3.83. The molecule has 0 amide bonds. The summed E-state index contributed by atoms with van der Waals surface area (Å²) < 4.78 is 0. The molecule has 1 aromatic carbocycles. The minimum absolute atomic E-state index is 0.403. The lowest BCUT2D eigenvalue weighted by Gasteiger charge is -2.27. The minimum Gasteiger partial charge on any atom is -0.348 e. The van der Waals surface area contributed by atoms with Crippen molar-refractivity contribution in [1.29, 1.82) is 0 Å². The highest BCUT2D eigenvalue weighted by Crippen LogP contribution is 2.26. The van der Waals surface area contributed by atoms with Crippen LogP contribution in [0.1, 0.15) is 38.3 Å². The Kier molecular flexibility index (Phi) is 5.41. The van der Waals surface area contributed by atoms with Crippen LogP contribution >= 0.6 is 0 Å². The maximum absolute atomic E-state index is 3.88. The summed E-state index contributed by atoms with van der Waals surface area (Å²) in [5.74, 6) is 0. The number of nitrogens with zero attached hydrogens (tertiary/aromatic N) is 1. The van der Waals surface area contributed by atoms with Crippen molar-refractivity contribution in [3.05, 3.63) is 61.0 Å². The van der Waals surface area contributed by atoms with Crippen molar-refractivity contribution >= 4 is 0 Å². The van der Waals surface area contributed by atoms with Crippen molar-refractivity contribution in [3.8, 4) is 0 Å². The first-order valence-electron chi connectivity index (χ1n) is 5.91. The van der Waals surface area contributed by atoms with Crippen molar-refractivity contribution in [2.24, 2.45) is 0 Å². The van der Waals surface area contributed by atoms with E-state index >= 15 is 0 Å². The van der Waals surface area contributed by atoms with Crippen LogP contribution in [0, 0.1) is 0 Å². The maximum Gasteiger partial charge on any atom is 0.0579 e. The third-order valence-corrected chi connectivity index (χ3v) is 2.64. The van der Waals surface area contributed by atoms with Crippen LogP contribution in [0.25, 0.3) is 0 Å². The van der Waals surface area contributed by atoms with Gasteiger partial charge in [0.25, 0.3) is 0 Å². The summed E-state index contributed by atoms with van der Waals surface area (Å²) >= 11 is 0. The third-order valence-electron chi connectivity index (χ3n) is 2.64. The Balaban J connectivity index is 2.93. The first-order chi connectivity index (χ1) is 7.83. The molecule has 1 atom stereocenters. The summed E-state index contributed by atoms with van der Waals surface area (Å²) in [6.07, 6.45) is 8.34. The van der Waals surface area contributed by atoms with Gasteiger partial charge in [0, 0.05) is 0 Å². The standard InChI is InChI=1S/C15H21N/c1-4-10-15(16(6-3)13-5-2)14-11-8-7-9-12-14/h5-9,11-13,15H,3-4,10H2,1-2H3/b13-5-. The second-order valence-corrected chi connectivity index (χ2v) is 3.83. The summed E-state index contributed by atoms with van der Waals surface area (Å²) in [4.78, 5) is 2.18. The molecule has 1 heteroatoms. The van der Waals surface area contributed by atoms with E-state index in [9.17, 15) is 0 Å². The molecule has 1 unspecified atom stereocenters. The summed E-state index contributed by atoms with van der Waals surface area (Å²) in [6, 6.07) is 11.0. The zero-order valence-electron chi connectivity index (χ0n) is 10.3. The van der Waals surface area contributed by atoms with Crippen LogP contribution < -0.4 is 0 Å². The molecule has 0 aliphatic rings. The van der Waals surface area contributed by atoms with E-state index in [2.05, 4.69) is 54.9 Å². The third kappa shape index (κ3) is 3.27. The van der Waals surface area contributed by atoms with Crippen LogP contribution in [-0.2, 0) is 0 Å². The quantitative estimate of drug-likeness (QED) is 0.675. The van der Waals surface area contributed by atoms with E-state index in [0.717, 1.165) is 6.42 Å². The first kappa shape index (κ1) is 12.6. The molecule has 1 aromatic rings. The normalized spacial score (nSPS) is 12.6. The monoisotopic (exact) mass is 215 g/mol. The van der Waals surface area contributed by atoms with Gasteiger partial charge in [-0.15, -0.1) is 0 Å². The highest BCUT2D eigenvalue weighted by Gasteiger charge is 2.13. The van der Waals surface area contributed by atoms with E-state index in [4.69, 9.17) is 0 Å². The van der Waals surface area contributed by atoms with Gasteiger partial charge in [-0.25, -0.2) is 0 Å². The van der Waals surface area contributed by atoms with Gasteiger partial charge in [-0.05, 0) is 31.3 Å². The number of hydrogen-bond acceptors (Lipinski definition) is 1. The zero-order valence-corrected chi connectivity index (χ0v) is 10.3. The molecule has 0 saturated heterocycles. The number of allylic oxidation sites excluding steroid dienone is 1. The fourth-order valence-corrected chi connectivity index (χ4v) is 1.90. The average Bonchev–Trinajstić information content (AvgIpc) is 2.35. The Hall–Kier alpha value is -1.50. The fourth-order valence-electron chi connectivity index (χ4n) is 1.90. The van der Waals surface area contributed by atoms with Crippen LogP contribution in [0.3, 0.4) is 0 Å². The van der Waals surface area contributed by atoms with E-state index in [1.807, 2.05) is 19.2 Å². The van der Waals surface area contributed by atoms with Gasteiger partial charge in [0.2, 0.25) is 0 Å². The van der Waals surface area contributed by atoms with Crippen LogP contribution in [0.4, 0.5) is 0 Å². The van der Waals surface area contributed by atoms with Gasteiger partial charge >= 0.3 is 0 Å². The Bertz CT molecular complexity index is 327. The van der Waals surface area contributed by atoms with E-state index in [-0.39, 0.29) is 0 Å². The second kappa shape index (κ2) is 6.89. The lowest BCUT2D eigenvalue weighted by Crippen LogP contribution is -2.17. The Morgan fingerprint density at radius 3 is 2.50 bits per heavy atom. The molecule has 0 aliphatic carbocycles. The summed E-state index contributed by atoms with van der Waals surface area (Å²) in [5.41, 5.74) is 1.35. The molecule has 0 heterocycles. The van der Waals surface area contributed by atoms with Crippen LogP contribution in [0.2, 0.25) is 0 Å². The van der Waals surface area contributed by atoms with E-state index in [0.29, 0.717) is 6.04 Å². The highest BCUT2D eigenvalue weighted by molar-refractivity contribution is 5.20. The van der Waals surface area contributed by atoms with Crippen molar-refractivity contribution in [3.63, 3.8) is 0 Å². The van der Waals surface area contributed by atoms with Gasteiger partial charge in [0.15, 0.2) is 0 Å². The molecule has 0 bridgehead atoms. The van der Waals surface area contributed by atoms with Crippen LogP contribution in [0.15, 0.2) is 55.4 Å². The number of hydrogen-bond donors (Lipinski definition) is 0. The molecule has 0 saturated carbocycles. The Morgan fingerprint density at radius 1 is 1.31 bits per heavy atom. The molecule has 0 spiro atoms.